The summed E-state index contributed by atoms with van der Waals surface area (Å²) in [5, 5.41) is 9.63. The zero-order chi connectivity index (χ0) is 11.7. The maximum atomic E-state index is 11.4. The summed E-state index contributed by atoms with van der Waals surface area (Å²) in [5.41, 5.74) is 0.845. The molecule has 86 valence electrons. The molecule has 2 rings (SSSR count). The standard InChI is InChI=1S/C11H12O5/c1-15-10(13)8-5-16-11(14)9-6(4-12)2-3-7(8)9/h2,4-5,7,9,11,14H,3H2,1H3. The average molecular weight is 224 g/mol. The van der Waals surface area contributed by atoms with E-state index in [9.17, 15) is 14.7 Å². The van der Waals surface area contributed by atoms with Crippen LogP contribution in [0.2, 0.25) is 0 Å². The van der Waals surface area contributed by atoms with Crippen molar-refractivity contribution in [2.45, 2.75) is 12.7 Å². The van der Waals surface area contributed by atoms with Gasteiger partial charge < -0.3 is 14.6 Å². The van der Waals surface area contributed by atoms with Gasteiger partial charge in [-0.1, -0.05) is 6.08 Å². The van der Waals surface area contributed by atoms with Crippen LogP contribution < -0.4 is 0 Å². The summed E-state index contributed by atoms with van der Waals surface area (Å²) in [4.78, 5) is 22.2. The van der Waals surface area contributed by atoms with E-state index in [1.165, 1.54) is 13.4 Å². The first-order valence-corrected chi connectivity index (χ1v) is 4.96. The van der Waals surface area contributed by atoms with Gasteiger partial charge in [0.25, 0.3) is 0 Å². The number of carbonyl (C=O) groups excluding carboxylic acids is 2. The largest absolute Gasteiger partial charge is 0.471 e. The molecule has 0 bridgehead atoms. The van der Waals surface area contributed by atoms with Crippen molar-refractivity contribution in [1.82, 2.24) is 0 Å². The number of fused-ring (bicyclic) bond motifs is 1. The molecule has 2 aliphatic rings. The van der Waals surface area contributed by atoms with Gasteiger partial charge >= 0.3 is 5.97 Å². The number of methoxy groups -OCH3 is 1. The van der Waals surface area contributed by atoms with Crippen molar-refractivity contribution in [3.63, 3.8) is 0 Å². The Morgan fingerprint density at radius 2 is 2.44 bits per heavy atom. The Kier molecular flexibility index (Phi) is 2.78. The van der Waals surface area contributed by atoms with Crippen LogP contribution in [0.4, 0.5) is 0 Å². The number of rotatable bonds is 2. The zero-order valence-electron chi connectivity index (χ0n) is 8.75. The fraction of sp³-hybridized carbons (Fsp3) is 0.455. The quantitative estimate of drug-likeness (QED) is 0.534. The van der Waals surface area contributed by atoms with Gasteiger partial charge in [0, 0.05) is 5.92 Å². The monoisotopic (exact) mass is 224 g/mol. The maximum absolute atomic E-state index is 11.4. The number of ether oxygens (including phenoxy) is 2. The third-order valence-electron chi connectivity index (χ3n) is 3.02. The number of aliphatic hydroxyl groups excluding tert-OH is 1. The maximum Gasteiger partial charge on any atom is 0.337 e. The van der Waals surface area contributed by atoms with E-state index in [1.807, 2.05) is 0 Å². The predicted octanol–water partition coefficient (Wildman–Crippen LogP) is 0.153. The molecule has 1 N–H and O–H groups in total. The molecule has 0 saturated heterocycles. The zero-order valence-corrected chi connectivity index (χ0v) is 8.75. The molecule has 5 nitrogen and oxygen atoms in total. The molecule has 0 aromatic heterocycles. The van der Waals surface area contributed by atoms with Gasteiger partial charge in [0.05, 0.1) is 24.9 Å². The predicted molar refractivity (Wildman–Crippen MR) is 52.9 cm³/mol. The SMILES string of the molecule is COC(=O)C1=COC(O)C2C(C=O)=CCC12. The second-order valence-electron chi connectivity index (χ2n) is 3.78. The van der Waals surface area contributed by atoms with Crippen LogP contribution in [0.15, 0.2) is 23.5 Å². The second kappa shape index (κ2) is 4.09. The van der Waals surface area contributed by atoms with Crippen molar-refractivity contribution in [2.75, 3.05) is 7.11 Å². The first-order valence-electron chi connectivity index (χ1n) is 4.96. The van der Waals surface area contributed by atoms with E-state index in [4.69, 9.17) is 4.74 Å². The number of hydrogen-bond acceptors (Lipinski definition) is 5. The summed E-state index contributed by atoms with van der Waals surface area (Å²) in [5.74, 6) is -1.17. The normalized spacial score (nSPS) is 32.0. The van der Waals surface area contributed by atoms with Gasteiger partial charge in [-0.25, -0.2) is 4.79 Å². The van der Waals surface area contributed by atoms with Gasteiger partial charge in [0.15, 0.2) is 0 Å². The highest BCUT2D eigenvalue weighted by atomic mass is 16.6. The Morgan fingerprint density at radius 1 is 1.69 bits per heavy atom. The van der Waals surface area contributed by atoms with E-state index >= 15 is 0 Å². The van der Waals surface area contributed by atoms with Gasteiger partial charge in [0.2, 0.25) is 6.29 Å². The number of aliphatic hydroxyl groups is 1. The molecule has 0 aromatic carbocycles. The van der Waals surface area contributed by atoms with Crippen LogP contribution in [0, 0.1) is 11.8 Å². The van der Waals surface area contributed by atoms with Crippen molar-refractivity contribution in [3.8, 4) is 0 Å². The highest BCUT2D eigenvalue weighted by Crippen LogP contribution is 2.41. The summed E-state index contributed by atoms with van der Waals surface area (Å²) in [6.45, 7) is 0. The molecule has 0 radical (unpaired) electrons. The van der Waals surface area contributed by atoms with Crippen molar-refractivity contribution in [1.29, 1.82) is 0 Å². The van der Waals surface area contributed by atoms with Crippen molar-refractivity contribution >= 4 is 12.3 Å². The number of esters is 1. The first-order chi connectivity index (χ1) is 7.69. The van der Waals surface area contributed by atoms with Crippen LogP contribution in [0.25, 0.3) is 0 Å². The highest BCUT2D eigenvalue weighted by molar-refractivity contribution is 5.90. The van der Waals surface area contributed by atoms with E-state index in [1.54, 1.807) is 6.08 Å². The second-order valence-corrected chi connectivity index (χ2v) is 3.78. The lowest BCUT2D eigenvalue weighted by molar-refractivity contribution is -0.142. The molecule has 3 atom stereocenters. The van der Waals surface area contributed by atoms with Crippen molar-refractivity contribution < 1.29 is 24.2 Å². The molecule has 0 saturated carbocycles. The van der Waals surface area contributed by atoms with Crippen molar-refractivity contribution in [3.05, 3.63) is 23.5 Å². The van der Waals surface area contributed by atoms with Crippen molar-refractivity contribution in [2.24, 2.45) is 11.8 Å². The smallest absolute Gasteiger partial charge is 0.337 e. The van der Waals surface area contributed by atoms with Crippen LogP contribution in [0.1, 0.15) is 6.42 Å². The Labute approximate surface area is 92.3 Å². The third kappa shape index (κ3) is 1.53. The first kappa shape index (κ1) is 10.9. The molecule has 0 aromatic rings. The molecule has 0 fully saturated rings. The minimum atomic E-state index is -1.07. The lowest BCUT2D eigenvalue weighted by Crippen LogP contribution is -2.35. The molecule has 1 aliphatic carbocycles. The van der Waals surface area contributed by atoms with E-state index in [0.29, 0.717) is 23.9 Å². The lowest BCUT2D eigenvalue weighted by atomic mass is 9.84. The fourth-order valence-electron chi connectivity index (χ4n) is 2.22. The molecular weight excluding hydrogens is 212 g/mol. The highest BCUT2D eigenvalue weighted by Gasteiger charge is 2.43. The van der Waals surface area contributed by atoms with Crippen LogP contribution >= 0.6 is 0 Å². The number of carbonyl (C=O) groups is 2. The molecule has 3 unspecified atom stereocenters. The molecule has 0 spiro atoms. The topological polar surface area (TPSA) is 72.8 Å². The minimum Gasteiger partial charge on any atom is -0.471 e. The minimum absolute atomic E-state index is 0.226. The Bertz CT molecular complexity index is 382. The Morgan fingerprint density at radius 3 is 3.06 bits per heavy atom. The van der Waals surface area contributed by atoms with Crippen LogP contribution in [-0.4, -0.2) is 30.8 Å². The van der Waals surface area contributed by atoms with Gasteiger partial charge in [-0.3, -0.25) is 4.79 Å². The van der Waals surface area contributed by atoms with E-state index in [2.05, 4.69) is 4.74 Å². The number of allylic oxidation sites excluding steroid dienone is 1. The Hall–Kier alpha value is -1.62. The van der Waals surface area contributed by atoms with Crippen LogP contribution in [-0.2, 0) is 19.1 Å². The average Bonchev–Trinajstić information content (AvgIpc) is 2.73. The summed E-state index contributed by atoms with van der Waals surface area (Å²) >= 11 is 0. The molecule has 5 heteroatoms. The van der Waals surface area contributed by atoms with Gasteiger partial charge in [0.1, 0.15) is 6.29 Å². The third-order valence-corrected chi connectivity index (χ3v) is 3.02. The van der Waals surface area contributed by atoms with Crippen LogP contribution in [0.3, 0.4) is 0 Å². The molecule has 1 aliphatic heterocycles. The van der Waals surface area contributed by atoms with E-state index < -0.39 is 18.2 Å². The summed E-state index contributed by atoms with van der Waals surface area (Å²) in [6.07, 6.45) is 3.10. The Balaban J connectivity index is 2.29. The summed E-state index contributed by atoms with van der Waals surface area (Å²) in [6, 6.07) is 0. The summed E-state index contributed by atoms with van der Waals surface area (Å²) in [7, 11) is 1.28. The van der Waals surface area contributed by atoms with E-state index in [0.717, 1.165) is 0 Å². The number of aldehydes is 1. The van der Waals surface area contributed by atoms with E-state index in [-0.39, 0.29) is 5.92 Å². The summed E-state index contributed by atoms with van der Waals surface area (Å²) < 4.78 is 9.57. The van der Waals surface area contributed by atoms with Gasteiger partial charge in [-0.2, -0.15) is 0 Å². The molecular formula is C11H12O5. The van der Waals surface area contributed by atoms with Gasteiger partial charge in [-0.05, 0) is 12.0 Å². The van der Waals surface area contributed by atoms with Crippen LogP contribution in [0.5, 0.6) is 0 Å². The van der Waals surface area contributed by atoms with Gasteiger partial charge in [-0.15, -0.1) is 0 Å². The lowest BCUT2D eigenvalue weighted by Gasteiger charge is -2.30. The molecule has 0 amide bonds. The molecule has 16 heavy (non-hydrogen) atoms. The molecule has 1 heterocycles. The number of hydrogen-bond donors (Lipinski definition) is 1. The fourth-order valence-corrected chi connectivity index (χ4v) is 2.22.